The summed E-state index contributed by atoms with van der Waals surface area (Å²) in [7, 11) is -0.0831. The van der Waals surface area contributed by atoms with Gasteiger partial charge in [0.25, 0.3) is 0 Å². The van der Waals surface area contributed by atoms with E-state index in [0.29, 0.717) is 6.61 Å². The highest BCUT2D eigenvalue weighted by molar-refractivity contribution is 6.74. The van der Waals surface area contributed by atoms with Crippen molar-refractivity contribution in [2.75, 3.05) is 7.11 Å². The fourth-order valence-corrected chi connectivity index (χ4v) is 2.98. The molecule has 1 aromatic carbocycles. The van der Waals surface area contributed by atoms with Gasteiger partial charge in [-0.2, -0.15) is 0 Å². The summed E-state index contributed by atoms with van der Waals surface area (Å²) >= 11 is 0. The molecular weight excluding hydrogens is 302 g/mol. The number of benzene rings is 1. The fraction of sp³-hybridized carbons (Fsp3) is 0.421. The Balaban J connectivity index is 2.21. The number of pyridine rings is 1. The summed E-state index contributed by atoms with van der Waals surface area (Å²) in [4.78, 5) is 4.75. The molecular formula is C19H27NO2Si. The molecule has 0 spiro atoms. The van der Waals surface area contributed by atoms with Crippen LogP contribution in [-0.4, -0.2) is 20.4 Å². The van der Waals surface area contributed by atoms with Crippen LogP contribution in [0.5, 0.6) is 5.75 Å². The van der Waals surface area contributed by atoms with Gasteiger partial charge >= 0.3 is 0 Å². The molecule has 0 unspecified atom stereocenters. The molecule has 124 valence electrons. The number of ether oxygens (including phenoxy) is 1. The average molecular weight is 330 g/mol. The number of aromatic nitrogens is 1. The number of rotatable bonds is 5. The van der Waals surface area contributed by atoms with Gasteiger partial charge in [-0.15, -0.1) is 0 Å². The molecule has 0 radical (unpaired) electrons. The second kappa shape index (κ2) is 6.85. The Morgan fingerprint density at radius 2 is 1.70 bits per heavy atom. The van der Waals surface area contributed by atoms with Gasteiger partial charge in [0.2, 0.25) is 0 Å². The third-order valence-electron chi connectivity index (χ3n) is 4.58. The topological polar surface area (TPSA) is 31.4 Å². The van der Waals surface area contributed by atoms with Crippen molar-refractivity contribution in [3.05, 3.63) is 48.2 Å². The Morgan fingerprint density at radius 1 is 1.00 bits per heavy atom. The van der Waals surface area contributed by atoms with Crippen LogP contribution in [0.25, 0.3) is 11.3 Å². The predicted octanol–water partition coefficient (Wildman–Crippen LogP) is 5.28. The summed E-state index contributed by atoms with van der Waals surface area (Å²) in [6.07, 6.45) is 0. The third-order valence-corrected chi connectivity index (χ3v) is 9.06. The highest BCUT2D eigenvalue weighted by Gasteiger charge is 2.37. The van der Waals surface area contributed by atoms with Crippen LogP contribution in [-0.2, 0) is 11.0 Å². The second-order valence-corrected chi connectivity index (χ2v) is 12.1. The second-order valence-electron chi connectivity index (χ2n) is 7.26. The molecule has 0 bridgehead atoms. The standard InChI is InChI=1S/C19H27NO2Si/c1-19(2,3)23(5,6)22-14-15-10-9-12-17(20-15)16-11-7-8-13-18(16)21-4/h7-13H,14H2,1-6H3. The van der Waals surface area contributed by atoms with Gasteiger partial charge in [0, 0.05) is 5.56 Å². The zero-order valence-electron chi connectivity index (χ0n) is 15.0. The van der Waals surface area contributed by atoms with Crippen LogP contribution in [0.15, 0.2) is 42.5 Å². The molecule has 2 aromatic rings. The SMILES string of the molecule is COc1ccccc1-c1cccc(CO[Si](C)(C)C(C)(C)C)n1. The van der Waals surface area contributed by atoms with Crippen LogP contribution < -0.4 is 4.74 Å². The summed E-state index contributed by atoms with van der Waals surface area (Å²) in [5.41, 5.74) is 2.88. The molecule has 1 aromatic heterocycles. The van der Waals surface area contributed by atoms with E-state index in [-0.39, 0.29) is 5.04 Å². The van der Waals surface area contributed by atoms with Crippen molar-refractivity contribution >= 4 is 8.32 Å². The number of methoxy groups -OCH3 is 1. The first-order chi connectivity index (χ1) is 10.7. The summed E-state index contributed by atoms with van der Waals surface area (Å²) in [6.45, 7) is 11.8. The minimum atomic E-state index is -1.77. The molecule has 2 rings (SSSR count). The van der Waals surface area contributed by atoms with Crippen LogP contribution in [0.2, 0.25) is 18.1 Å². The van der Waals surface area contributed by atoms with Gasteiger partial charge in [0.1, 0.15) is 5.75 Å². The van der Waals surface area contributed by atoms with Gasteiger partial charge in [-0.05, 0) is 42.4 Å². The van der Waals surface area contributed by atoms with E-state index in [1.165, 1.54) is 0 Å². The van der Waals surface area contributed by atoms with Crippen LogP contribution in [0.1, 0.15) is 26.5 Å². The lowest BCUT2D eigenvalue weighted by Gasteiger charge is -2.36. The Kier molecular flexibility index (Phi) is 5.27. The number of para-hydroxylation sites is 1. The Bertz CT molecular complexity index is 662. The maximum absolute atomic E-state index is 6.27. The molecule has 3 nitrogen and oxygen atoms in total. The minimum Gasteiger partial charge on any atom is -0.496 e. The van der Waals surface area contributed by atoms with Crippen molar-refractivity contribution < 1.29 is 9.16 Å². The van der Waals surface area contributed by atoms with E-state index in [4.69, 9.17) is 14.1 Å². The molecule has 0 aliphatic heterocycles. The van der Waals surface area contributed by atoms with Gasteiger partial charge in [0.15, 0.2) is 8.32 Å². The van der Waals surface area contributed by atoms with E-state index < -0.39 is 8.32 Å². The molecule has 0 amide bonds. The maximum Gasteiger partial charge on any atom is 0.192 e. The largest absolute Gasteiger partial charge is 0.496 e. The first-order valence-electron chi connectivity index (χ1n) is 7.98. The van der Waals surface area contributed by atoms with Crippen molar-refractivity contribution in [3.63, 3.8) is 0 Å². The zero-order valence-corrected chi connectivity index (χ0v) is 16.0. The molecule has 0 atom stereocenters. The lowest BCUT2D eigenvalue weighted by atomic mass is 10.1. The summed E-state index contributed by atoms with van der Waals surface area (Å²) in [6, 6.07) is 14.0. The van der Waals surface area contributed by atoms with E-state index in [0.717, 1.165) is 22.7 Å². The third kappa shape index (κ3) is 4.21. The highest BCUT2D eigenvalue weighted by Crippen LogP contribution is 2.37. The number of hydrogen-bond donors (Lipinski definition) is 0. The van der Waals surface area contributed by atoms with Crippen molar-refractivity contribution in [1.82, 2.24) is 4.98 Å². The minimum absolute atomic E-state index is 0.202. The molecule has 4 heteroatoms. The van der Waals surface area contributed by atoms with Gasteiger partial charge in [-0.1, -0.05) is 39.0 Å². The molecule has 0 saturated heterocycles. The van der Waals surface area contributed by atoms with E-state index in [9.17, 15) is 0 Å². The van der Waals surface area contributed by atoms with Crippen molar-refractivity contribution in [2.45, 2.75) is 45.5 Å². The lowest BCUT2D eigenvalue weighted by molar-refractivity contribution is 0.272. The molecule has 0 aliphatic carbocycles. The average Bonchev–Trinajstić information content (AvgIpc) is 2.52. The van der Waals surface area contributed by atoms with Gasteiger partial charge < -0.3 is 9.16 Å². The molecule has 1 heterocycles. The van der Waals surface area contributed by atoms with E-state index in [1.54, 1.807) is 7.11 Å². The first-order valence-corrected chi connectivity index (χ1v) is 10.9. The number of hydrogen-bond acceptors (Lipinski definition) is 3. The van der Waals surface area contributed by atoms with Crippen LogP contribution in [0, 0.1) is 0 Å². The van der Waals surface area contributed by atoms with E-state index >= 15 is 0 Å². The Hall–Kier alpha value is -1.65. The van der Waals surface area contributed by atoms with Gasteiger partial charge in [0.05, 0.1) is 25.1 Å². The van der Waals surface area contributed by atoms with Crippen LogP contribution in [0.4, 0.5) is 0 Å². The van der Waals surface area contributed by atoms with Gasteiger partial charge in [-0.25, -0.2) is 0 Å². The molecule has 0 fully saturated rings. The molecule has 0 N–H and O–H groups in total. The smallest absolute Gasteiger partial charge is 0.192 e. The Morgan fingerprint density at radius 3 is 2.35 bits per heavy atom. The predicted molar refractivity (Wildman–Crippen MR) is 98.2 cm³/mol. The lowest BCUT2D eigenvalue weighted by Crippen LogP contribution is -2.40. The van der Waals surface area contributed by atoms with Gasteiger partial charge in [-0.3, -0.25) is 4.98 Å². The summed E-state index contributed by atoms with van der Waals surface area (Å²) in [5.74, 6) is 0.836. The van der Waals surface area contributed by atoms with Crippen molar-refractivity contribution in [2.24, 2.45) is 0 Å². The first kappa shape index (κ1) is 17.7. The Labute approximate surface area is 140 Å². The zero-order chi connectivity index (χ0) is 17.1. The van der Waals surface area contributed by atoms with Crippen LogP contribution >= 0.6 is 0 Å². The van der Waals surface area contributed by atoms with Crippen molar-refractivity contribution in [3.8, 4) is 17.0 Å². The van der Waals surface area contributed by atoms with E-state index in [1.807, 2.05) is 42.5 Å². The number of nitrogens with zero attached hydrogens (tertiary/aromatic N) is 1. The van der Waals surface area contributed by atoms with E-state index in [2.05, 4.69) is 33.9 Å². The van der Waals surface area contributed by atoms with Crippen molar-refractivity contribution in [1.29, 1.82) is 0 Å². The van der Waals surface area contributed by atoms with Crippen LogP contribution in [0.3, 0.4) is 0 Å². The maximum atomic E-state index is 6.27. The fourth-order valence-electron chi connectivity index (χ4n) is 2.04. The molecule has 0 aliphatic rings. The monoisotopic (exact) mass is 329 g/mol. The highest BCUT2D eigenvalue weighted by atomic mass is 28.4. The molecule has 23 heavy (non-hydrogen) atoms. The quantitative estimate of drug-likeness (QED) is 0.699. The summed E-state index contributed by atoms with van der Waals surface area (Å²) < 4.78 is 11.7. The summed E-state index contributed by atoms with van der Waals surface area (Å²) in [5, 5.41) is 0.202. The molecule has 0 saturated carbocycles. The normalized spacial score (nSPS) is 12.3.